The van der Waals surface area contributed by atoms with Gasteiger partial charge >= 0.3 is 0 Å². The highest BCUT2D eigenvalue weighted by atomic mass is 35.5. The first-order valence-electron chi connectivity index (χ1n) is 8.95. The molecule has 0 N–H and O–H groups in total. The van der Waals surface area contributed by atoms with Crippen molar-refractivity contribution in [3.05, 3.63) is 68.6 Å². The summed E-state index contributed by atoms with van der Waals surface area (Å²) in [7, 11) is 0. The molecular weight excluding hydrogens is 456 g/mol. The van der Waals surface area contributed by atoms with Gasteiger partial charge in [0.15, 0.2) is 5.75 Å². The molecule has 1 unspecified atom stereocenters. The summed E-state index contributed by atoms with van der Waals surface area (Å²) in [4.78, 5) is 5.28. The van der Waals surface area contributed by atoms with Crippen LogP contribution in [-0.4, -0.2) is 25.5 Å². The Bertz CT molecular complexity index is 801. The van der Waals surface area contributed by atoms with Gasteiger partial charge in [0.25, 0.3) is 0 Å². The summed E-state index contributed by atoms with van der Waals surface area (Å²) in [5.74, 6) is 0.914. The number of nitrogens with zero attached hydrogens (tertiary/aromatic N) is 1. The summed E-state index contributed by atoms with van der Waals surface area (Å²) >= 11 is 23.6. The molecule has 2 rings (SSSR count). The van der Waals surface area contributed by atoms with Crippen molar-refractivity contribution in [2.75, 3.05) is 13.2 Å². The summed E-state index contributed by atoms with van der Waals surface area (Å²) < 4.78 is 11.5. The maximum atomic E-state index is 6.28. The summed E-state index contributed by atoms with van der Waals surface area (Å²) in [6, 6.07) is 13.0. The Kier molecular flexibility index (Phi) is 10.5. The van der Waals surface area contributed by atoms with Crippen LogP contribution >= 0.6 is 46.4 Å². The molecule has 0 aromatic heterocycles. The highest BCUT2D eigenvalue weighted by Crippen LogP contribution is 2.37. The van der Waals surface area contributed by atoms with Gasteiger partial charge in [0, 0.05) is 12.1 Å². The van der Waals surface area contributed by atoms with Crippen LogP contribution < -0.4 is 9.47 Å². The highest BCUT2D eigenvalue weighted by Gasteiger charge is 2.14. The molecule has 156 valence electrons. The van der Waals surface area contributed by atoms with E-state index < -0.39 is 0 Å². The third-order valence-corrected chi connectivity index (χ3v) is 4.57. The van der Waals surface area contributed by atoms with E-state index in [2.05, 4.69) is 5.16 Å². The Labute approximate surface area is 190 Å². The van der Waals surface area contributed by atoms with Gasteiger partial charge in [0.05, 0.1) is 22.4 Å². The average Bonchev–Trinajstić information content (AvgIpc) is 2.68. The molecule has 0 heterocycles. The second-order valence-electron chi connectivity index (χ2n) is 6.07. The molecule has 0 saturated carbocycles. The minimum Gasteiger partial charge on any atom is -0.489 e. The first-order valence-corrected chi connectivity index (χ1v) is 10.5. The number of hydrogen-bond acceptors (Lipinski definition) is 4. The summed E-state index contributed by atoms with van der Waals surface area (Å²) in [6.07, 6.45) is 4.63. The molecule has 0 radical (unpaired) electrons. The third kappa shape index (κ3) is 9.18. The molecule has 0 aliphatic carbocycles. The minimum atomic E-state index is -0.101. The Morgan fingerprint density at radius 2 is 1.79 bits per heavy atom. The number of oxime groups is 1. The van der Waals surface area contributed by atoms with Gasteiger partial charge in [-0.25, -0.2) is 0 Å². The second-order valence-corrected chi connectivity index (χ2v) is 7.89. The molecule has 0 saturated heterocycles. The van der Waals surface area contributed by atoms with Crippen molar-refractivity contribution in [3.63, 3.8) is 0 Å². The molecule has 2 aromatic rings. The number of halogens is 4. The van der Waals surface area contributed by atoms with Crippen molar-refractivity contribution >= 4 is 52.6 Å². The van der Waals surface area contributed by atoms with Gasteiger partial charge in [-0.2, -0.15) is 0 Å². The molecule has 4 nitrogen and oxygen atoms in total. The number of hydrogen-bond donors (Lipinski definition) is 0. The van der Waals surface area contributed by atoms with Crippen LogP contribution in [-0.2, 0) is 4.84 Å². The fraction of sp³-hybridized carbons (Fsp3) is 0.286. The number of benzene rings is 2. The van der Waals surface area contributed by atoms with E-state index >= 15 is 0 Å². The fourth-order valence-electron chi connectivity index (χ4n) is 2.32. The van der Waals surface area contributed by atoms with E-state index in [4.69, 9.17) is 60.7 Å². The Hall–Kier alpha value is -1.59. The van der Waals surface area contributed by atoms with Crippen LogP contribution in [0.3, 0.4) is 0 Å². The zero-order chi connectivity index (χ0) is 21.1. The van der Waals surface area contributed by atoms with Crippen LogP contribution in [0.15, 0.2) is 58.2 Å². The van der Waals surface area contributed by atoms with Crippen molar-refractivity contribution in [1.29, 1.82) is 0 Å². The van der Waals surface area contributed by atoms with E-state index in [1.165, 1.54) is 6.08 Å². The van der Waals surface area contributed by atoms with Crippen LogP contribution in [0.4, 0.5) is 0 Å². The fourth-order valence-corrected chi connectivity index (χ4v) is 3.00. The van der Waals surface area contributed by atoms with Gasteiger partial charge in [0.2, 0.25) is 0 Å². The number of ether oxygens (including phenoxy) is 2. The summed E-state index contributed by atoms with van der Waals surface area (Å²) in [5.41, 5.74) is 0.989. The third-order valence-electron chi connectivity index (χ3n) is 3.70. The van der Waals surface area contributed by atoms with Crippen LogP contribution in [0.2, 0.25) is 10.0 Å². The molecule has 8 heteroatoms. The Morgan fingerprint density at radius 1 is 1.10 bits per heavy atom. The quantitative estimate of drug-likeness (QED) is 0.194. The molecule has 2 aromatic carbocycles. The molecule has 1 atom stereocenters. The number of rotatable bonds is 11. The Balaban J connectivity index is 1.75. The normalized spacial score (nSPS) is 11.9. The van der Waals surface area contributed by atoms with Gasteiger partial charge in [-0.1, -0.05) is 81.9 Å². The van der Waals surface area contributed by atoms with E-state index in [0.29, 0.717) is 28.2 Å². The topological polar surface area (TPSA) is 40.0 Å². The van der Waals surface area contributed by atoms with Gasteiger partial charge in [-0.05, 0) is 31.4 Å². The first-order chi connectivity index (χ1) is 14.0. The van der Waals surface area contributed by atoms with E-state index in [1.54, 1.807) is 18.3 Å². The van der Waals surface area contributed by atoms with Crippen LogP contribution in [0.25, 0.3) is 0 Å². The molecule has 0 aliphatic heterocycles. The van der Waals surface area contributed by atoms with Gasteiger partial charge in [-0.3, -0.25) is 0 Å². The molecule has 0 bridgehead atoms. The summed E-state index contributed by atoms with van der Waals surface area (Å²) in [5, 5.41) is 4.68. The lowest BCUT2D eigenvalue weighted by Gasteiger charge is -2.17. The first kappa shape index (κ1) is 23.7. The highest BCUT2D eigenvalue weighted by molar-refractivity contribution is 6.55. The maximum absolute atomic E-state index is 6.28. The maximum Gasteiger partial charge on any atom is 0.157 e. The second kappa shape index (κ2) is 12.9. The SMILES string of the molecule is CC(CCCON=Cc1ccccc1)Oc1c(Cl)cc(OCC=C(Cl)Cl)cc1Cl. The van der Waals surface area contributed by atoms with Crippen LogP contribution in [0.5, 0.6) is 11.5 Å². The monoisotopic (exact) mass is 475 g/mol. The van der Waals surface area contributed by atoms with E-state index in [-0.39, 0.29) is 17.2 Å². The lowest BCUT2D eigenvalue weighted by atomic mass is 10.2. The van der Waals surface area contributed by atoms with E-state index in [9.17, 15) is 0 Å². The van der Waals surface area contributed by atoms with Crippen molar-refractivity contribution in [2.45, 2.75) is 25.9 Å². The van der Waals surface area contributed by atoms with E-state index in [0.717, 1.165) is 18.4 Å². The van der Waals surface area contributed by atoms with Gasteiger partial charge in [0.1, 0.15) is 23.5 Å². The van der Waals surface area contributed by atoms with Gasteiger partial charge < -0.3 is 14.3 Å². The molecule has 0 amide bonds. The largest absolute Gasteiger partial charge is 0.489 e. The van der Waals surface area contributed by atoms with Crippen molar-refractivity contribution in [3.8, 4) is 11.5 Å². The Morgan fingerprint density at radius 3 is 2.45 bits per heavy atom. The van der Waals surface area contributed by atoms with Crippen LogP contribution in [0, 0.1) is 0 Å². The molecular formula is C21H21Cl4NO3. The lowest BCUT2D eigenvalue weighted by Crippen LogP contribution is -2.13. The average molecular weight is 477 g/mol. The van der Waals surface area contributed by atoms with Crippen molar-refractivity contribution < 1.29 is 14.3 Å². The lowest BCUT2D eigenvalue weighted by molar-refractivity contribution is 0.126. The van der Waals surface area contributed by atoms with Gasteiger partial charge in [-0.15, -0.1) is 0 Å². The predicted octanol–water partition coefficient (Wildman–Crippen LogP) is 7.29. The zero-order valence-electron chi connectivity index (χ0n) is 15.8. The molecule has 0 fully saturated rings. The smallest absolute Gasteiger partial charge is 0.157 e. The predicted molar refractivity (Wildman–Crippen MR) is 121 cm³/mol. The summed E-state index contributed by atoms with van der Waals surface area (Å²) in [6.45, 7) is 2.64. The molecule has 0 spiro atoms. The standard InChI is InChI=1S/C21H21Cl4NO3/c1-15(6-5-10-28-26-14-16-7-3-2-4-8-16)29-21-18(22)12-17(13-19(21)23)27-11-9-20(24)25/h2-4,7-9,12-15H,5-6,10-11H2,1H3. The van der Waals surface area contributed by atoms with Crippen LogP contribution in [0.1, 0.15) is 25.3 Å². The van der Waals surface area contributed by atoms with Crippen molar-refractivity contribution in [1.82, 2.24) is 0 Å². The molecule has 29 heavy (non-hydrogen) atoms. The van der Waals surface area contributed by atoms with E-state index in [1.807, 2.05) is 37.3 Å². The van der Waals surface area contributed by atoms with Crippen molar-refractivity contribution in [2.24, 2.45) is 5.16 Å². The minimum absolute atomic E-state index is 0.101. The zero-order valence-corrected chi connectivity index (χ0v) is 18.8. The molecule has 0 aliphatic rings.